The van der Waals surface area contributed by atoms with Gasteiger partial charge in [-0.2, -0.15) is 5.10 Å². The van der Waals surface area contributed by atoms with Crippen molar-refractivity contribution in [2.24, 2.45) is 7.05 Å². The van der Waals surface area contributed by atoms with Gasteiger partial charge in [0.1, 0.15) is 11.6 Å². The first-order valence-corrected chi connectivity index (χ1v) is 4.04. The summed E-state index contributed by atoms with van der Waals surface area (Å²) in [4.78, 5) is 0. The first kappa shape index (κ1) is 8.87. The summed E-state index contributed by atoms with van der Waals surface area (Å²) in [5.41, 5.74) is 0.730. The van der Waals surface area contributed by atoms with Crippen molar-refractivity contribution in [1.29, 1.82) is 0 Å². The van der Waals surface area contributed by atoms with Crippen molar-refractivity contribution < 1.29 is 8.78 Å². The number of benzene rings is 1. The fourth-order valence-corrected chi connectivity index (χ4v) is 1.20. The summed E-state index contributed by atoms with van der Waals surface area (Å²) >= 11 is 0. The highest BCUT2D eigenvalue weighted by molar-refractivity contribution is 5.59. The quantitative estimate of drug-likeness (QED) is 0.678. The number of hydrogen-bond acceptors (Lipinski definition) is 1. The normalized spacial score (nSPS) is 10.5. The predicted octanol–water partition coefficient (Wildman–Crippen LogP) is 2.17. The lowest BCUT2D eigenvalue weighted by Crippen LogP contribution is -1.90. The van der Waals surface area contributed by atoms with E-state index in [1.54, 1.807) is 13.1 Å². The van der Waals surface area contributed by atoms with Crippen molar-refractivity contribution in [2.45, 2.75) is 0 Å². The third-order valence-corrected chi connectivity index (χ3v) is 1.85. The molecule has 0 amide bonds. The van der Waals surface area contributed by atoms with Crippen molar-refractivity contribution in [3.05, 3.63) is 42.1 Å². The lowest BCUT2D eigenvalue weighted by atomic mass is 10.1. The van der Waals surface area contributed by atoms with Crippen molar-refractivity contribution in [3.63, 3.8) is 0 Å². The first-order valence-electron chi connectivity index (χ1n) is 4.04. The minimum atomic E-state index is -0.614. The van der Waals surface area contributed by atoms with Gasteiger partial charge in [-0.25, -0.2) is 8.78 Å². The number of hydrogen-bond donors (Lipinski definition) is 0. The summed E-state index contributed by atoms with van der Waals surface area (Å²) in [7, 11) is 1.69. The lowest BCUT2D eigenvalue weighted by molar-refractivity contribution is 0.585. The fraction of sp³-hybridized carbons (Fsp3) is 0.100. The Balaban J connectivity index is 2.52. The van der Waals surface area contributed by atoms with Gasteiger partial charge in [-0.05, 0) is 18.2 Å². The molecule has 1 radical (unpaired) electrons. The van der Waals surface area contributed by atoms with Gasteiger partial charge in [0.2, 0.25) is 0 Å². The van der Waals surface area contributed by atoms with Gasteiger partial charge in [0.15, 0.2) is 0 Å². The topological polar surface area (TPSA) is 17.8 Å². The molecule has 2 aromatic rings. The molecular formula is C10H7F2N2. The monoisotopic (exact) mass is 193 g/mol. The Bertz CT molecular complexity index is 463. The average Bonchev–Trinajstić information content (AvgIpc) is 2.51. The molecule has 1 aromatic heterocycles. The molecule has 0 spiro atoms. The van der Waals surface area contributed by atoms with Gasteiger partial charge in [0.05, 0.1) is 11.9 Å². The molecule has 4 heteroatoms. The van der Waals surface area contributed by atoms with Gasteiger partial charge in [0.25, 0.3) is 0 Å². The van der Waals surface area contributed by atoms with Crippen LogP contribution in [0, 0.1) is 17.8 Å². The number of rotatable bonds is 1. The zero-order valence-electron chi connectivity index (χ0n) is 7.46. The van der Waals surface area contributed by atoms with E-state index in [0.717, 1.165) is 6.07 Å². The lowest BCUT2D eigenvalue weighted by Gasteiger charge is -1.98. The van der Waals surface area contributed by atoms with Crippen LogP contribution in [0.1, 0.15) is 0 Å². The van der Waals surface area contributed by atoms with Gasteiger partial charge in [-0.1, -0.05) is 0 Å². The average molecular weight is 193 g/mol. The summed E-state index contributed by atoms with van der Waals surface area (Å²) < 4.78 is 27.3. The van der Waals surface area contributed by atoms with Crippen LogP contribution in [0.2, 0.25) is 0 Å². The molecule has 0 fully saturated rings. The molecule has 0 saturated carbocycles. The number of nitrogens with zero attached hydrogens (tertiary/aromatic N) is 2. The van der Waals surface area contributed by atoms with Crippen LogP contribution in [0.3, 0.4) is 0 Å². The largest absolute Gasteiger partial charge is 0.266 e. The van der Waals surface area contributed by atoms with E-state index < -0.39 is 11.6 Å². The molecule has 2 rings (SSSR count). The Hall–Kier alpha value is -1.71. The maximum absolute atomic E-state index is 13.2. The van der Waals surface area contributed by atoms with E-state index in [-0.39, 0.29) is 5.56 Å². The fourth-order valence-electron chi connectivity index (χ4n) is 1.20. The van der Waals surface area contributed by atoms with Crippen LogP contribution >= 0.6 is 0 Å². The molecule has 1 aromatic carbocycles. The predicted molar refractivity (Wildman–Crippen MR) is 47.4 cm³/mol. The molecule has 0 unspecified atom stereocenters. The van der Waals surface area contributed by atoms with Crippen LogP contribution < -0.4 is 0 Å². The number of aryl methyl sites for hydroxylation is 1. The van der Waals surface area contributed by atoms with Gasteiger partial charge < -0.3 is 0 Å². The highest BCUT2D eigenvalue weighted by Crippen LogP contribution is 2.20. The molecule has 0 aliphatic rings. The van der Waals surface area contributed by atoms with E-state index in [1.807, 2.05) is 0 Å². The highest BCUT2D eigenvalue weighted by Gasteiger charge is 2.08. The number of halogens is 2. The molecule has 0 aliphatic heterocycles. The van der Waals surface area contributed by atoms with Crippen LogP contribution in [-0.4, -0.2) is 9.78 Å². The summed E-state index contributed by atoms with van der Waals surface area (Å²) in [6.45, 7) is 0. The standard InChI is InChI=1S/C10H7F2N2/c1-14-5-4-10(13-14)8-3-2-7(11)6-9(8)12/h2-4,6H,1H3. The Labute approximate surface area is 79.8 Å². The van der Waals surface area contributed by atoms with Crippen molar-refractivity contribution >= 4 is 0 Å². The van der Waals surface area contributed by atoms with E-state index in [4.69, 9.17) is 0 Å². The Morgan fingerprint density at radius 3 is 2.71 bits per heavy atom. The van der Waals surface area contributed by atoms with Crippen LogP contribution in [-0.2, 0) is 7.05 Å². The summed E-state index contributed by atoms with van der Waals surface area (Å²) in [5.74, 6) is -1.21. The zero-order valence-corrected chi connectivity index (χ0v) is 7.46. The molecule has 0 aliphatic carbocycles. The zero-order chi connectivity index (χ0) is 10.1. The molecule has 71 valence electrons. The summed E-state index contributed by atoms with van der Waals surface area (Å²) in [6, 6.07) is 4.95. The van der Waals surface area contributed by atoms with Crippen LogP contribution in [0.25, 0.3) is 11.3 Å². The van der Waals surface area contributed by atoms with E-state index >= 15 is 0 Å². The van der Waals surface area contributed by atoms with Gasteiger partial charge >= 0.3 is 0 Å². The van der Waals surface area contributed by atoms with Crippen molar-refractivity contribution in [2.75, 3.05) is 0 Å². The van der Waals surface area contributed by atoms with Crippen LogP contribution in [0.4, 0.5) is 8.78 Å². The molecule has 0 saturated heterocycles. The van der Waals surface area contributed by atoms with Gasteiger partial charge in [-0.3, -0.25) is 4.68 Å². The third kappa shape index (κ3) is 1.51. The van der Waals surface area contributed by atoms with Crippen LogP contribution in [0.15, 0.2) is 24.3 Å². The SMILES string of the molecule is Cn1[c]cc(-c2ccc(F)cc2F)n1. The molecular weight excluding hydrogens is 186 g/mol. The maximum atomic E-state index is 13.2. The van der Waals surface area contributed by atoms with Crippen molar-refractivity contribution in [1.82, 2.24) is 9.78 Å². The molecule has 0 atom stereocenters. The highest BCUT2D eigenvalue weighted by atomic mass is 19.1. The van der Waals surface area contributed by atoms with E-state index in [9.17, 15) is 8.78 Å². The second-order valence-corrected chi connectivity index (χ2v) is 2.91. The van der Waals surface area contributed by atoms with E-state index in [0.29, 0.717) is 5.69 Å². The van der Waals surface area contributed by atoms with Crippen molar-refractivity contribution in [3.8, 4) is 11.3 Å². The van der Waals surface area contributed by atoms with E-state index in [2.05, 4.69) is 11.3 Å². The molecule has 0 N–H and O–H groups in total. The minimum Gasteiger partial charge on any atom is -0.266 e. The van der Waals surface area contributed by atoms with Gasteiger partial charge in [-0.15, -0.1) is 0 Å². The summed E-state index contributed by atoms with van der Waals surface area (Å²) in [5, 5.41) is 3.97. The Morgan fingerprint density at radius 2 is 2.14 bits per heavy atom. The minimum absolute atomic E-state index is 0.281. The smallest absolute Gasteiger partial charge is 0.135 e. The van der Waals surface area contributed by atoms with Crippen LogP contribution in [0.5, 0.6) is 0 Å². The second-order valence-electron chi connectivity index (χ2n) is 2.91. The number of aromatic nitrogens is 2. The second kappa shape index (κ2) is 3.21. The van der Waals surface area contributed by atoms with Gasteiger partial charge in [0, 0.05) is 18.7 Å². The molecule has 2 nitrogen and oxygen atoms in total. The Kier molecular flexibility index (Phi) is 2.04. The first-order chi connectivity index (χ1) is 6.66. The Morgan fingerprint density at radius 1 is 1.36 bits per heavy atom. The van der Waals surface area contributed by atoms with E-state index in [1.165, 1.54) is 16.8 Å². The molecule has 1 heterocycles. The third-order valence-electron chi connectivity index (χ3n) is 1.85. The molecule has 0 bridgehead atoms. The summed E-state index contributed by atoms with van der Waals surface area (Å²) in [6.07, 6.45) is 2.75. The molecule has 14 heavy (non-hydrogen) atoms. The maximum Gasteiger partial charge on any atom is 0.135 e.